The van der Waals surface area contributed by atoms with E-state index in [0.29, 0.717) is 0 Å². The quantitative estimate of drug-likeness (QED) is 0.831. The first-order valence-corrected chi connectivity index (χ1v) is 6.75. The van der Waals surface area contributed by atoms with E-state index in [2.05, 4.69) is 10.3 Å². The number of carboxylic acid groups (broad SMARTS) is 1. The zero-order valence-electron chi connectivity index (χ0n) is 10.7. The highest BCUT2D eigenvalue weighted by atomic mass is 32.1. The summed E-state index contributed by atoms with van der Waals surface area (Å²) in [4.78, 5) is 27.4. The van der Waals surface area contributed by atoms with E-state index in [1.165, 1.54) is 29.7 Å². The van der Waals surface area contributed by atoms with Crippen LogP contribution in [0.1, 0.15) is 20.1 Å². The maximum atomic E-state index is 13.4. The molecule has 108 valence electrons. The average molecular weight is 306 g/mol. The van der Waals surface area contributed by atoms with Crippen molar-refractivity contribution >= 4 is 29.3 Å². The molecule has 0 fully saturated rings. The Balaban J connectivity index is 1.96. The number of carbonyl (C=O) groups is 2. The molecule has 0 bridgehead atoms. The molecule has 0 saturated carbocycles. The van der Waals surface area contributed by atoms with Crippen molar-refractivity contribution in [1.82, 2.24) is 10.3 Å². The SMILES string of the molecule is O=C(O)C=Cc1ccc(CNC(=O)c2ccncc2F)s1. The maximum Gasteiger partial charge on any atom is 0.328 e. The first-order chi connectivity index (χ1) is 10.1. The average Bonchev–Trinajstić information content (AvgIpc) is 2.91. The Bertz CT molecular complexity index is 697. The van der Waals surface area contributed by atoms with Crippen molar-refractivity contribution in [3.63, 3.8) is 0 Å². The van der Waals surface area contributed by atoms with Gasteiger partial charge in [-0.1, -0.05) is 0 Å². The van der Waals surface area contributed by atoms with Crippen LogP contribution in [-0.2, 0) is 11.3 Å². The fourth-order valence-corrected chi connectivity index (χ4v) is 2.41. The zero-order valence-corrected chi connectivity index (χ0v) is 11.6. The van der Waals surface area contributed by atoms with Crippen molar-refractivity contribution < 1.29 is 19.1 Å². The lowest BCUT2D eigenvalue weighted by Crippen LogP contribution is -2.23. The number of carboxylic acids is 1. The second-order valence-corrected chi connectivity index (χ2v) is 5.21. The molecule has 0 aliphatic rings. The topological polar surface area (TPSA) is 79.3 Å². The fourth-order valence-electron chi connectivity index (χ4n) is 1.55. The van der Waals surface area contributed by atoms with E-state index < -0.39 is 17.7 Å². The lowest BCUT2D eigenvalue weighted by Gasteiger charge is -2.04. The molecule has 21 heavy (non-hydrogen) atoms. The zero-order chi connectivity index (χ0) is 15.2. The number of pyridine rings is 1. The standard InChI is InChI=1S/C14H11FN2O3S/c15-12-8-16-6-5-11(12)14(20)17-7-10-2-1-9(21-10)3-4-13(18)19/h1-6,8H,7H2,(H,17,20)(H,18,19). The van der Waals surface area contributed by atoms with Gasteiger partial charge in [-0.2, -0.15) is 0 Å². The van der Waals surface area contributed by atoms with Crippen molar-refractivity contribution in [3.05, 3.63) is 57.8 Å². The third-order valence-electron chi connectivity index (χ3n) is 2.51. The van der Waals surface area contributed by atoms with Crippen LogP contribution in [0.4, 0.5) is 4.39 Å². The van der Waals surface area contributed by atoms with E-state index >= 15 is 0 Å². The fraction of sp³-hybridized carbons (Fsp3) is 0.0714. The molecule has 2 aromatic rings. The van der Waals surface area contributed by atoms with Crippen LogP contribution in [0.25, 0.3) is 6.08 Å². The molecule has 0 saturated heterocycles. The summed E-state index contributed by atoms with van der Waals surface area (Å²) in [6.45, 7) is 0.242. The summed E-state index contributed by atoms with van der Waals surface area (Å²) >= 11 is 1.35. The highest BCUT2D eigenvalue weighted by molar-refractivity contribution is 7.12. The molecular weight excluding hydrogens is 295 g/mol. The predicted molar refractivity (Wildman–Crippen MR) is 76.4 cm³/mol. The second kappa shape index (κ2) is 6.76. The summed E-state index contributed by atoms with van der Waals surface area (Å²) in [6, 6.07) is 4.83. The number of hydrogen-bond acceptors (Lipinski definition) is 4. The molecule has 0 spiro atoms. The summed E-state index contributed by atoms with van der Waals surface area (Å²) in [5.74, 6) is -2.22. The third-order valence-corrected chi connectivity index (χ3v) is 3.56. The number of aromatic nitrogens is 1. The van der Waals surface area contributed by atoms with Crippen molar-refractivity contribution in [1.29, 1.82) is 0 Å². The highest BCUT2D eigenvalue weighted by Crippen LogP contribution is 2.18. The van der Waals surface area contributed by atoms with E-state index in [4.69, 9.17) is 5.11 Å². The van der Waals surface area contributed by atoms with Gasteiger partial charge in [-0.3, -0.25) is 9.78 Å². The van der Waals surface area contributed by atoms with Crippen molar-refractivity contribution in [2.45, 2.75) is 6.54 Å². The van der Waals surface area contributed by atoms with Crippen LogP contribution in [0.15, 0.2) is 36.7 Å². The summed E-state index contributed by atoms with van der Waals surface area (Å²) in [5, 5.41) is 11.1. The van der Waals surface area contributed by atoms with E-state index in [9.17, 15) is 14.0 Å². The molecule has 0 aromatic carbocycles. The minimum absolute atomic E-state index is 0.0625. The molecule has 0 unspecified atom stereocenters. The molecule has 1 amide bonds. The van der Waals surface area contributed by atoms with Crippen molar-refractivity contribution in [2.75, 3.05) is 0 Å². The number of carbonyl (C=O) groups excluding carboxylic acids is 1. The molecule has 0 radical (unpaired) electrons. The van der Waals surface area contributed by atoms with Crippen LogP contribution in [0.3, 0.4) is 0 Å². The molecule has 2 aromatic heterocycles. The van der Waals surface area contributed by atoms with Crippen molar-refractivity contribution in [2.24, 2.45) is 0 Å². The number of hydrogen-bond donors (Lipinski definition) is 2. The smallest absolute Gasteiger partial charge is 0.328 e. The van der Waals surface area contributed by atoms with E-state index in [1.807, 2.05) is 0 Å². The van der Waals surface area contributed by atoms with Crippen LogP contribution in [0, 0.1) is 5.82 Å². The van der Waals surface area contributed by atoms with Gasteiger partial charge in [-0.15, -0.1) is 11.3 Å². The summed E-state index contributed by atoms with van der Waals surface area (Å²) in [6.07, 6.45) is 4.84. The Morgan fingerprint density at radius 1 is 1.38 bits per heavy atom. The van der Waals surface area contributed by atoms with E-state index in [-0.39, 0.29) is 12.1 Å². The molecule has 0 atom stereocenters. The first kappa shape index (κ1) is 14.9. The van der Waals surface area contributed by atoms with Crippen LogP contribution >= 0.6 is 11.3 Å². The summed E-state index contributed by atoms with van der Waals surface area (Å²) < 4.78 is 13.4. The monoisotopic (exact) mass is 306 g/mol. The Morgan fingerprint density at radius 3 is 2.90 bits per heavy atom. The lowest BCUT2D eigenvalue weighted by molar-refractivity contribution is -0.131. The van der Waals surface area contributed by atoms with Gasteiger partial charge >= 0.3 is 5.97 Å². The predicted octanol–water partition coefficient (Wildman–Crippen LogP) is 2.31. The van der Waals surface area contributed by atoms with Gasteiger partial charge in [-0.05, 0) is 24.3 Å². The van der Waals surface area contributed by atoms with Crippen LogP contribution in [0.2, 0.25) is 0 Å². The second-order valence-electron chi connectivity index (χ2n) is 4.01. The van der Waals surface area contributed by atoms with Crippen LogP contribution in [0.5, 0.6) is 0 Å². The molecular formula is C14H11FN2O3S. The van der Waals surface area contributed by atoms with Gasteiger partial charge in [0.1, 0.15) is 0 Å². The Hall–Kier alpha value is -2.54. The van der Waals surface area contributed by atoms with Gasteiger partial charge < -0.3 is 10.4 Å². The lowest BCUT2D eigenvalue weighted by atomic mass is 10.2. The largest absolute Gasteiger partial charge is 0.478 e. The summed E-state index contributed by atoms with van der Waals surface area (Å²) in [5.41, 5.74) is -0.0625. The maximum absolute atomic E-state index is 13.4. The Morgan fingerprint density at radius 2 is 2.19 bits per heavy atom. The van der Waals surface area contributed by atoms with Gasteiger partial charge in [0.15, 0.2) is 5.82 Å². The van der Waals surface area contributed by atoms with Gasteiger partial charge in [-0.25, -0.2) is 9.18 Å². The molecule has 2 heterocycles. The highest BCUT2D eigenvalue weighted by Gasteiger charge is 2.11. The van der Waals surface area contributed by atoms with Gasteiger partial charge in [0.05, 0.1) is 18.3 Å². The normalized spacial score (nSPS) is 10.7. The summed E-state index contributed by atoms with van der Waals surface area (Å²) in [7, 11) is 0. The molecule has 7 heteroatoms. The number of nitrogens with one attached hydrogen (secondary N) is 1. The van der Waals surface area contributed by atoms with Gasteiger partial charge in [0, 0.05) is 22.0 Å². The Kier molecular flexibility index (Phi) is 4.78. The Labute approximate surface area is 123 Å². The molecule has 0 aliphatic heterocycles. The number of thiophene rings is 1. The molecule has 2 N–H and O–H groups in total. The van der Waals surface area contributed by atoms with Gasteiger partial charge in [0.2, 0.25) is 0 Å². The van der Waals surface area contributed by atoms with E-state index in [1.54, 1.807) is 12.1 Å². The minimum Gasteiger partial charge on any atom is -0.478 e. The molecule has 2 rings (SSSR count). The first-order valence-electron chi connectivity index (χ1n) is 5.93. The van der Waals surface area contributed by atoms with Gasteiger partial charge in [0.25, 0.3) is 5.91 Å². The number of rotatable bonds is 5. The number of amides is 1. The van der Waals surface area contributed by atoms with Crippen LogP contribution < -0.4 is 5.32 Å². The number of aliphatic carboxylic acids is 1. The van der Waals surface area contributed by atoms with Crippen molar-refractivity contribution in [3.8, 4) is 0 Å². The minimum atomic E-state index is -1.02. The van der Waals surface area contributed by atoms with Crippen LogP contribution in [-0.4, -0.2) is 22.0 Å². The molecule has 0 aliphatic carbocycles. The third kappa shape index (κ3) is 4.22. The van der Waals surface area contributed by atoms with E-state index in [0.717, 1.165) is 22.0 Å². The number of halogens is 1. The number of nitrogens with zero attached hydrogens (tertiary/aromatic N) is 1. The molecule has 5 nitrogen and oxygen atoms in total.